The minimum Gasteiger partial charge on any atom is -0.480 e. The smallest absolute Gasteiger partial charge is 0.263 e. The minimum absolute atomic E-state index is 0.0709. The normalized spacial score (nSPS) is 17.8. The van der Waals surface area contributed by atoms with Gasteiger partial charge in [-0.15, -0.1) is 0 Å². The third kappa shape index (κ3) is 4.70. The Hall–Kier alpha value is -2.10. The summed E-state index contributed by atoms with van der Waals surface area (Å²) in [6.07, 6.45) is -0.202. The Labute approximate surface area is 143 Å². The molecule has 1 amide bonds. The van der Waals surface area contributed by atoms with Gasteiger partial charge in [-0.1, -0.05) is 19.1 Å². The molecule has 130 valence electrons. The van der Waals surface area contributed by atoms with E-state index in [1.54, 1.807) is 36.1 Å². The standard InChI is InChI=1S/C18H25N3O3/c1-3-16(22)13-20-8-10-21(11-9-20)18(23)14(2)24-17-7-5-4-6-15(17)12-19/h4-7,14,16,22H,3,8-11,13H2,1-2H3/t14-,16-/m1/s1. The number of benzene rings is 1. The van der Waals surface area contributed by atoms with Crippen molar-refractivity contribution in [3.8, 4) is 11.8 Å². The lowest BCUT2D eigenvalue weighted by Gasteiger charge is -2.36. The van der Waals surface area contributed by atoms with Crippen molar-refractivity contribution in [3.63, 3.8) is 0 Å². The molecule has 24 heavy (non-hydrogen) atoms. The molecule has 1 heterocycles. The highest BCUT2D eigenvalue weighted by molar-refractivity contribution is 5.81. The molecule has 1 aromatic carbocycles. The molecule has 0 aliphatic carbocycles. The van der Waals surface area contributed by atoms with Gasteiger partial charge in [-0.2, -0.15) is 5.26 Å². The first-order chi connectivity index (χ1) is 11.5. The lowest BCUT2D eigenvalue weighted by Crippen LogP contribution is -2.53. The maximum absolute atomic E-state index is 12.5. The molecule has 0 bridgehead atoms. The van der Waals surface area contributed by atoms with Crippen molar-refractivity contribution in [2.45, 2.75) is 32.5 Å². The lowest BCUT2D eigenvalue weighted by atomic mass is 10.2. The average Bonchev–Trinajstić information content (AvgIpc) is 2.62. The van der Waals surface area contributed by atoms with Crippen LogP contribution in [0.3, 0.4) is 0 Å². The van der Waals surface area contributed by atoms with Gasteiger partial charge in [-0.25, -0.2) is 0 Å². The molecular formula is C18H25N3O3. The number of ether oxygens (including phenoxy) is 1. The van der Waals surface area contributed by atoms with Crippen molar-refractivity contribution < 1.29 is 14.6 Å². The van der Waals surface area contributed by atoms with E-state index in [-0.39, 0.29) is 12.0 Å². The third-order valence-corrected chi connectivity index (χ3v) is 4.28. The van der Waals surface area contributed by atoms with Crippen molar-refractivity contribution in [3.05, 3.63) is 29.8 Å². The fourth-order valence-corrected chi connectivity index (χ4v) is 2.74. The van der Waals surface area contributed by atoms with Crippen LogP contribution < -0.4 is 4.74 Å². The second-order valence-corrected chi connectivity index (χ2v) is 6.06. The first kappa shape index (κ1) is 18.2. The molecule has 0 aromatic heterocycles. The van der Waals surface area contributed by atoms with Gasteiger partial charge >= 0.3 is 0 Å². The first-order valence-corrected chi connectivity index (χ1v) is 8.40. The summed E-state index contributed by atoms with van der Waals surface area (Å²) in [5.74, 6) is 0.365. The molecule has 1 aliphatic rings. The fourth-order valence-electron chi connectivity index (χ4n) is 2.74. The van der Waals surface area contributed by atoms with Gasteiger partial charge < -0.3 is 14.7 Å². The summed E-state index contributed by atoms with van der Waals surface area (Å²) in [6.45, 7) is 7.09. The summed E-state index contributed by atoms with van der Waals surface area (Å²) in [4.78, 5) is 16.5. The summed E-state index contributed by atoms with van der Waals surface area (Å²) < 4.78 is 5.69. The number of rotatable bonds is 6. The Bertz CT molecular complexity index is 591. The largest absolute Gasteiger partial charge is 0.480 e. The van der Waals surface area contributed by atoms with E-state index in [1.807, 2.05) is 6.92 Å². The molecule has 1 fully saturated rings. The summed E-state index contributed by atoms with van der Waals surface area (Å²) >= 11 is 0. The number of aliphatic hydroxyl groups is 1. The summed E-state index contributed by atoms with van der Waals surface area (Å²) in [5, 5.41) is 18.8. The van der Waals surface area contributed by atoms with Crippen LogP contribution in [0.5, 0.6) is 5.75 Å². The number of para-hydroxylation sites is 1. The summed E-state index contributed by atoms with van der Waals surface area (Å²) in [6, 6.07) is 8.99. The van der Waals surface area contributed by atoms with Gasteiger partial charge in [0.25, 0.3) is 5.91 Å². The number of β-amino-alcohol motifs (C(OH)–C–C–N with tert-alkyl or cyclic N) is 1. The Balaban J connectivity index is 1.87. The molecular weight excluding hydrogens is 306 g/mol. The van der Waals surface area contributed by atoms with Crippen LogP contribution in [-0.2, 0) is 4.79 Å². The zero-order chi connectivity index (χ0) is 17.5. The van der Waals surface area contributed by atoms with E-state index in [0.29, 0.717) is 30.9 Å². The monoisotopic (exact) mass is 331 g/mol. The molecule has 2 atom stereocenters. The number of carbonyl (C=O) groups excluding carboxylic acids is 1. The highest BCUT2D eigenvalue weighted by atomic mass is 16.5. The Kier molecular flexibility index (Phi) is 6.59. The van der Waals surface area contributed by atoms with Crippen molar-refractivity contribution in [2.75, 3.05) is 32.7 Å². The molecule has 1 saturated heterocycles. The number of hydrogen-bond donors (Lipinski definition) is 1. The molecule has 0 saturated carbocycles. The van der Waals surface area contributed by atoms with Crippen LogP contribution in [-0.4, -0.2) is 65.7 Å². The quantitative estimate of drug-likeness (QED) is 0.849. The average molecular weight is 331 g/mol. The summed E-state index contributed by atoms with van der Waals surface area (Å²) in [5.41, 5.74) is 0.426. The lowest BCUT2D eigenvalue weighted by molar-refractivity contribution is -0.139. The van der Waals surface area contributed by atoms with E-state index < -0.39 is 6.10 Å². The van der Waals surface area contributed by atoms with Gasteiger partial charge in [-0.3, -0.25) is 9.69 Å². The van der Waals surface area contributed by atoms with Gasteiger partial charge in [0.1, 0.15) is 11.8 Å². The van der Waals surface area contributed by atoms with E-state index in [4.69, 9.17) is 10.00 Å². The SMILES string of the molecule is CC[C@@H](O)CN1CCN(C(=O)[C@@H](C)Oc2ccccc2C#N)CC1. The highest BCUT2D eigenvalue weighted by Crippen LogP contribution is 2.19. The van der Waals surface area contributed by atoms with Crippen LogP contribution in [0.1, 0.15) is 25.8 Å². The molecule has 0 unspecified atom stereocenters. The molecule has 1 N–H and O–H groups in total. The van der Waals surface area contributed by atoms with Gasteiger partial charge in [-0.05, 0) is 25.5 Å². The van der Waals surface area contributed by atoms with Crippen molar-refractivity contribution >= 4 is 5.91 Å². The maximum atomic E-state index is 12.5. The van der Waals surface area contributed by atoms with Gasteiger partial charge in [0.2, 0.25) is 0 Å². The molecule has 0 spiro atoms. The van der Waals surface area contributed by atoms with E-state index in [0.717, 1.165) is 19.5 Å². The predicted molar refractivity (Wildman–Crippen MR) is 90.6 cm³/mol. The molecule has 1 aliphatic heterocycles. The number of nitrogens with zero attached hydrogens (tertiary/aromatic N) is 3. The van der Waals surface area contributed by atoms with Crippen molar-refractivity contribution in [1.82, 2.24) is 9.80 Å². The van der Waals surface area contributed by atoms with Crippen LogP contribution in [0.15, 0.2) is 24.3 Å². The maximum Gasteiger partial charge on any atom is 0.263 e. The van der Waals surface area contributed by atoms with Gasteiger partial charge in [0, 0.05) is 32.7 Å². The Morgan fingerprint density at radius 2 is 2.00 bits per heavy atom. The van der Waals surface area contributed by atoms with Gasteiger partial charge in [0.05, 0.1) is 11.7 Å². The Morgan fingerprint density at radius 1 is 1.33 bits per heavy atom. The van der Waals surface area contributed by atoms with Crippen LogP contribution in [0.4, 0.5) is 0 Å². The number of carbonyl (C=O) groups is 1. The molecule has 0 radical (unpaired) electrons. The summed E-state index contributed by atoms with van der Waals surface area (Å²) in [7, 11) is 0. The molecule has 1 aromatic rings. The van der Waals surface area contributed by atoms with E-state index in [1.165, 1.54) is 0 Å². The van der Waals surface area contributed by atoms with E-state index >= 15 is 0 Å². The second kappa shape index (κ2) is 8.67. The number of piperazine rings is 1. The van der Waals surface area contributed by atoms with Crippen molar-refractivity contribution in [2.24, 2.45) is 0 Å². The topological polar surface area (TPSA) is 76.8 Å². The zero-order valence-electron chi connectivity index (χ0n) is 14.3. The number of amides is 1. The van der Waals surface area contributed by atoms with Crippen LogP contribution in [0.25, 0.3) is 0 Å². The zero-order valence-corrected chi connectivity index (χ0v) is 14.3. The van der Waals surface area contributed by atoms with Crippen LogP contribution in [0.2, 0.25) is 0 Å². The number of hydrogen-bond acceptors (Lipinski definition) is 5. The van der Waals surface area contributed by atoms with Crippen LogP contribution >= 0.6 is 0 Å². The van der Waals surface area contributed by atoms with E-state index in [9.17, 15) is 9.90 Å². The first-order valence-electron chi connectivity index (χ1n) is 8.40. The van der Waals surface area contributed by atoms with Gasteiger partial charge in [0.15, 0.2) is 6.10 Å². The number of aliphatic hydroxyl groups excluding tert-OH is 1. The predicted octanol–water partition coefficient (Wildman–Crippen LogP) is 1.24. The number of nitriles is 1. The Morgan fingerprint density at radius 3 is 2.62 bits per heavy atom. The van der Waals surface area contributed by atoms with E-state index in [2.05, 4.69) is 11.0 Å². The second-order valence-electron chi connectivity index (χ2n) is 6.06. The van der Waals surface area contributed by atoms with Crippen molar-refractivity contribution in [1.29, 1.82) is 5.26 Å². The third-order valence-electron chi connectivity index (χ3n) is 4.28. The minimum atomic E-state index is -0.632. The van der Waals surface area contributed by atoms with Crippen LogP contribution in [0, 0.1) is 11.3 Å². The fraction of sp³-hybridized carbons (Fsp3) is 0.556. The molecule has 6 nitrogen and oxygen atoms in total. The molecule has 6 heteroatoms. The highest BCUT2D eigenvalue weighted by Gasteiger charge is 2.27. The molecule has 2 rings (SSSR count).